The van der Waals surface area contributed by atoms with Gasteiger partial charge in [-0.05, 0) is 99.4 Å². The molecule has 3 heteroatoms. The van der Waals surface area contributed by atoms with Crippen molar-refractivity contribution in [2.24, 2.45) is 0 Å². The van der Waals surface area contributed by atoms with E-state index in [1.54, 1.807) is 0 Å². The molecule has 0 unspecified atom stereocenters. The fraction of sp³-hybridized carbons (Fsp3) is 0.923. The Morgan fingerprint density at radius 3 is 1.14 bits per heavy atom. The molecule has 3 nitrogen and oxygen atoms in total. The van der Waals surface area contributed by atoms with Crippen molar-refractivity contribution in [2.45, 2.75) is 111 Å². The van der Waals surface area contributed by atoms with Gasteiger partial charge in [-0.2, -0.15) is 0 Å². The second-order valence-corrected chi connectivity index (χ2v) is 9.09. The lowest BCUT2D eigenvalue weighted by atomic mass is 10.1. The first-order valence-corrected chi connectivity index (χ1v) is 12.8. The Morgan fingerprint density at radius 1 is 0.517 bits per heavy atom. The second-order valence-electron chi connectivity index (χ2n) is 9.09. The molecule has 3 aliphatic heterocycles. The third-order valence-electron chi connectivity index (χ3n) is 6.01. The van der Waals surface area contributed by atoms with E-state index in [0.717, 1.165) is 12.1 Å². The van der Waals surface area contributed by atoms with Crippen LogP contribution in [0.1, 0.15) is 99.3 Å². The Morgan fingerprint density at radius 2 is 0.828 bits per heavy atom. The minimum Gasteiger partial charge on any atom is -0.306 e. The van der Waals surface area contributed by atoms with Gasteiger partial charge in [-0.1, -0.05) is 45.3 Å². The quantitative estimate of drug-likeness (QED) is 0.485. The molecule has 0 saturated carbocycles. The van der Waals surface area contributed by atoms with Crippen LogP contribution in [-0.2, 0) is 0 Å². The molecule has 3 heterocycles. The zero-order valence-electron chi connectivity index (χ0n) is 21.3. The van der Waals surface area contributed by atoms with Gasteiger partial charge in [0.2, 0.25) is 0 Å². The molecular formula is C26H55N3. The Kier molecular flexibility index (Phi) is 19.3. The van der Waals surface area contributed by atoms with Crippen LogP contribution in [-0.4, -0.2) is 73.1 Å². The number of nitrogens with zero attached hydrogens (tertiary/aromatic N) is 3. The van der Waals surface area contributed by atoms with Gasteiger partial charge in [0, 0.05) is 25.2 Å². The molecule has 3 aliphatic rings. The minimum atomic E-state index is 0.762. The molecule has 0 aromatic heterocycles. The molecular weight excluding hydrogens is 354 g/mol. The molecule has 0 amide bonds. The number of piperidine rings is 1. The first kappa shape index (κ1) is 28.6. The third kappa shape index (κ3) is 16.0. The van der Waals surface area contributed by atoms with Gasteiger partial charge in [-0.3, -0.25) is 0 Å². The van der Waals surface area contributed by atoms with Gasteiger partial charge in [-0.25, -0.2) is 0 Å². The summed E-state index contributed by atoms with van der Waals surface area (Å²) in [4.78, 5) is 7.51. The maximum Gasteiger partial charge on any atom is 0.00385 e. The SMILES string of the molecule is CC.CC(C)N1CCCCC1.CC(C)N1CCCCCC1.CN1CCC=CCC1. The molecule has 0 N–H and O–H groups in total. The molecule has 0 bridgehead atoms. The molecule has 0 aromatic rings. The van der Waals surface area contributed by atoms with Crippen molar-refractivity contribution in [3.05, 3.63) is 12.2 Å². The summed E-state index contributed by atoms with van der Waals surface area (Å²) < 4.78 is 0. The van der Waals surface area contributed by atoms with Crippen LogP contribution in [0.25, 0.3) is 0 Å². The van der Waals surface area contributed by atoms with Crippen molar-refractivity contribution in [3.8, 4) is 0 Å². The highest BCUT2D eigenvalue weighted by molar-refractivity contribution is 4.86. The molecule has 0 atom stereocenters. The highest BCUT2D eigenvalue weighted by atomic mass is 15.1. The Balaban J connectivity index is 0.000000390. The number of rotatable bonds is 2. The van der Waals surface area contributed by atoms with Crippen LogP contribution < -0.4 is 0 Å². The van der Waals surface area contributed by atoms with Gasteiger partial charge in [-0.15, -0.1) is 0 Å². The van der Waals surface area contributed by atoms with Gasteiger partial charge in [0.1, 0.15) is 0 Å². The monoisotopic (exact) mass is 409 g/mol. The van der Waals surface area contributed by atoms with E-state index in [0.29, 0.717) is 0 Å². The summed E-state index contributed by atoms with van der Waals surface area (Å²) in [6.07, 6.45) is 17.0. The molecule has 174 valence electrons. The zero-order valence-corrected chi connectivity index (χ0v) is 21.3. The molecule has 2 saturated heterocycles. The molecule has 0 aromatic carbocycles. The lowest BCUT2D eigenvalue weighted by molar-refractivity contribution is 0.185. The summed E-state index contributed by atoms with van der Waals surface area (Å²) in [7, 11) is 2.17. The van der Waals surface area contributed by atoms with Gasteiger partial charge in [0.25, 0.3) is 0 Å². The minimum absolute atomic E-state index is 0.762. The fourth-order valence-electron chi connectivity index (χ4n) is 3.98. The van der Waals surface area contributed by atoms with E-state index >= 15 is 0 Å². The largest absolute Gasteiger partial charge is 0.306 e. The maximum absolute atomic E-state index is 2.59. The van der Waals surface area contributed by atoms with E-state index in [2.05, 4.69) is 61.6 Å². The van der Waals surface area contributed by atoms with Crippen LogP contribution in [0.2, 0.25) is 0 Å². The first-order chi connectivity index (χ1) is 14.0. The third-order valence-corrected chi connectivity index (χ3v) is 6.01. The standard InChI is InChI=1S/C9H19N.C8H17N.C7H13N.C2H6/c1-9(2)10-7-5-3-4-6-8-10;1-8(2)9-6-4-3-5-7-9;1-8-6-4-2-3-5-7-8;1-2/h9H,3-8H2,1-2H3;8H,3-7H2,1-2H3;2-3H,4-7H2,1H3;1-2H3. The van der Waals surface area contributed by atoms with Crippen LogP contribution >= 0.6 is 0 Å². The predicted molar refractivity (Wildman–Crippen MR) is 133 cm³/mol. The average molecular weight is 410 g/mol. The smallest absolute Gasteiger partial charge is 0.00385 e. The van der Waals surface area contributed by atoms with E-state index in [1.807, 2.05) is 13.8 Å². The average Bonchev–Trinajstić information content (AvgIpc) is 3.16. The van der Waals surface area contributed by atoms with Crippen molar-refractivity contribution >= 4 is 0 Å². The van der Waals surface area contributed by atoms with Crippen molar-refractivity contribution in [1.29, 1.82) is 0 Å². The highest BCUT2D eigenvalue weighted by Gasteiger charge is 2.12. The topological polar surface area (TPSA) is 9.72 Å². The normalized spacial score (nSPS) is 21.7. The Labute approximate surface area is 184 Å². The molecule has 0 spiro atoms. The van der Waals surface area contributed by atoms with Gasteiger partial charge >= 0.3 is 0 Å². The van der Waals surface area contributed by atoms with Crippen LogP contribution in [0, 0.1) is 0 Å². The summed E-state index contributed by atoms with van der Waals surface area (Å²) in [5, 5.41) is 0. The second kappa shape index (κ2) is 19.6. The van der Waals surface area contributed by atoms with E-state index in [9.17, 15) is 0 Å². The molecule has 29 heavy (non-hydrogen) atoms. The number of hydrogen-bond donors (Lipinski definition) is 0. The summed E-state index contributed by atoms with van der Waals surface area (Å²) in [6.45, 7) is 20.9. The molecule has 0 aliphatic carbocycles. The number of likely N-dealkylation sites (tertiary alicyclic amines) is 2. The maximum atomic E-state index is 2.59. The molecule has 2 fully saturated rings. The zero-order chi connectivity index (χ0) is 21.9. The van der Waals surface area contributed by atoms with Gasteiger partial charge < -0.3 is 14.7 Å². The Bertz CT molecular complexity index is 341. The van der Waals surface area contributed by atoms with Crippen molar-refractivity contribution in [2.75, 3.05) is 46.3 Å². The van der Waals surface area contributed by atoms with E-state index in [-0.39, 0.29) is 0 Å². The fourth-order valence-corrected chi connectivity index (χ4v) is 3.98. The van der Waals surface area contributed by atoms with Gasteiger partial charge in [0.15, 0.2) is 0 Å². The van der Waals surface area contributed by atoms with E-state index < -0.39 is 0 Å². The van der Waals surface area contributed by atoms with Crippen LogP contribution in [0.4, 0.5) is 0 Å². The Hall–Kier alpha value is -0.380. The van der Waals surface area contributed by atoms with Crippen LogP contribution in [0.15, 0.2) is 12.2 Å². The summed E-state index contributed by atoms with van der Waals surface area (Å²) >= 11 is 0. The summed E-state index contributed by atoms with van der Waals surface area (Å²) in [6, 6.07) is 1.53. The summed E-state index contributed by atoms with van der Waals surface area (Å²) in [5.41, 5.74) is 0. The van der Waals surface area contributed by atoms with Crippen molar-refractivity contribution in [1.82, 2.24) is 14.7 Å². The van der Waals surface area contributed by atoms with Crippen LogP contribution in [0.3, 0.4) is 0 Å². The van der Waals surface area contributed by atoms with E-state index in [4.69, 9.17) is 0 Å². The first-order valence-electron chi connectivity index (χ1n) is 12.8. The highest BCUT2D eigenvalue weighted by Crippen LogP contribution is 2.12. The van der Waals surface area contributed by atoms with Crippen LogP contribution in [0.5, 0.6) is 0 Å². The lowest BCUT2D eigenvalue weighted by Crippen LogP contribution is -2.35. The number of hydrogen-bond acceptors (Lipinski definition) is 3. The summed E-state index contributed by atoms with van der Waals surface area (Å²) in [5.74, 6) is 0. The van der Waals surface area contributed by atoms with Crippen molar-refractivity contribution in [3.63, 3.8) is 0 Å². The molecule has 3 rings (SSSR count). The molecule has 0 radical (unpaired) electrons. The van der Waals surface area contributed by atoms with E-state index in [1.165, 1.54) is 97.1 Å². The van der Waals surface area contributed by atoms with Gasteiger partial charge in [0.05, 0.1) is 0 Å². The van der Waals surface area contributed by atoms with Crippen molar-refractivity contribution < 1.29 is 0 Å². The lowest BCUT2D eigenvalue weighted by Gasteiger charge is -2.29. The predicted octanol–water partition coefficient (Wildman–Crippen LogP) is 6.45.